The van der Waals surface area contributed by atoms with Gasteiger partial charge in [-0.3, -0.25) is 4.90 Å². The first-order valence-corrected chi connectivity index (χ1v) is 10.9. The van der Waals surface area contributed by atoms with Gasteiger partial charge >= 0.3 is 0 Å². The van der Waals surface area contributed by atoms with Crippen LogP contribution >= 0.6 is 11.3 Å². The van der Waals surface area contributed by atoms with Gasteiger partial charge in [-0.25, -0.2) is 4.39 Å². The minimum absolute atomic E-state index is 0.217. The molecule has 0 N–H and O–H groups in total. The maximum absolute atomic E-state index is 13.1. The largest absolute Gasteiger partial charge is 0.345 e. The molecule has 5 rings (SSSR count). The Morgan fingerprint density at radius 1 is 1.07 bits per heavy atom. The molecular weight excluding hydrogens is 391 g/mol. The van der Waals surface area contributed by atoms with E-state index in [0.29, 0.717) is 12.3 Å². The molecule has 1 aliphatic heterocycles. The number of rotatable bonds is 6. The fraction of sp³-hybridized carbons (Fsp3) is 0.500. The van der Waals surface area contributed by atoms with Gasteiger partial charge in [0.2, 0.25) is 11.0 Å². The molecule has 0 spiro atoms. The molecule has 2 fully saturated rings. The standard InChI is InChI=1S/C20H23FN6OS/c21-16-6-2-14(3-7-16)12-18-23-24-20(29-18)27-9-1-8-26(10-11-27)13-17-22-19(28-25-17)15-4-5-15/h2-3,6-7,15H,1,4-5,8-13H2. The Morgan fingerprint density at radius 3 is 2.76 bits per heavy atom. The number of aromatic nitrogens is 4. The number of benzene rings is 1. The molecule has 7 nitrogen and oxygen atoms in total. The van der Waals surface area contributed by atoms with Gasteiger partial charge in [-0.05, 0) is 37.0 Å². The van der Waals surface area contributed by atoms with Gasteiger partial charge in [0.25, 0.3) is 0 Å². The topological polar surface area (TPSA) is 71.2 Å². The second kappa shape index (κ2) is 8.16. The highest BCUT2D eigenvalue weighted by molar-refractivity contribution is 7.15. The molecule has 152 valence electrons. The molecule has 0 amide bonds. The van der Waals surface area contributed by atoms with Crippen LogP contribution in [0.1, 0.15) is 47.5 Å². The van der Waals surface area contributed by atoms with E-state index < -0.39 is 0 Å². The summed E-state index contributed by atoms with van der Waals surface area (Å²) in [4.78, 5) is 9.23. The van der Waals surface area contributed by atoms with Crippen molar-refractivity contribution in [3.8, 4) is 0 Å². The van der Waals surface area contributed by atoms with Gasteiger partial charge in [-0.2, -0.15) is 4.98 Å². The molecule has 0 atom stereocenters. The fourth-order valence-corrected chi connectivity index (χ4v) is 4.49. The Bertz CT molecular complexity index is 954. The summed E-state index contributed by atoms with van der Waals surface area (Å²) in [5, 5.41) is 14.8. The summed E-state index contributed by atoms with van der Waals surface area (Å²) < 4.78 is 18.4. The first-order chi connectivity index (χ1) is 14.2. The molecule has 3 heterocycles. The van der Waals surface area contributed by atoms with Gasteiger partial charge in [0, 0.05) is 38.5 Å². The van der Waals surface area contributed by atoms with Gasteiger partial charge < -0.3 is 9.42 Å². The van der Waals surface area contributed by atoms with E-state index in [2.05, 4.69) is 30.1 Å². The van der Waals surface area contributed by atoms with Crippen molar-refractivity contribution in [1.82, 2.24) is 25.2 Å². The molecule has 2 aliphatic rings. The highest BCUT2D eigenvalue weighted by Gasteiger charge is 2.30. The fourth-order valence-electron chi connectivity index (χ4n) is 3.57. The zero-order chi connectivity index (χ0) is 19.6. The van der Waals surface area contributed by atoms with Gasteiger partial charge in [0.15, 0.2) is 5.82 Å². The third-order valence-corrected chi connectivity index (χ3v) is 6.34. The molecule has 1 saturated heterocycles. The van der Waals surface area contributed by atoms with Crippen molar-refractivity contribution in [2.75, 3.05) is 31.1 Å². The van der Waals surface area contributed by atoms with E-state index in [0.717, 1.165) is 66.6 Å². The van der Waals surface area contributed by atoms with Crippen LogP contribution in [0.15, 0.2) is 28.8 Å². The third kappa shape index (κ3) is 4.62. The monoisotopic (exact) mass is 414 g/mol. The Labute approximate surface area is 172 Å². The van der Waals surface area contributed by atoms with Crippen molar-refractivity contribution < 1.29 is 8.91 Å². The van der Waals surface area contributed by atoms with Crippen LogP contribution in [0.5, 0.6) is 0 Å². The van der Waals surface area contributed by atoms with E-state index in [4.69, 9.17) is 4.52 Å². The highest BCUT2D eigenvalue weighted by Crippen LogP contribution is 2.38. The zero-order valence-corrected chi connectivity index (χ0v) is 16.9. The number of anilines is 1. The predicted molar refractivity (Wildman–Crippen MR) is 107 cm³/mol. The summed E-state index contributed by atoms with van der Waals surface area (Å²) in [7, 11) is 0. The van der Waals surface area contributed by atoms with Crippen LogP contribution in [0.2, 0.25) is 0 Å². The summed E-state index contributed by atoms with van der Waals surface area (Å²) in [5.41, 5.74) is 1.04. The average Bonchev–Trinajstić information content (AvgIpc) is 3.38. The number of halogens is 1. The van der Waals surface area contributed by atoms with Crippen molar-refractivity contribution in [3.63, 3.8) is 0 Å². The van der Waals surface area contributed by atoms with Gasteiger partial charge in [0.05, 0.1) is 6.54 Å². The quantitative estimate of drug-likeness (QED) is 0.613. The first-order valence-electron chi connectivity index (χ1n) is 10.1. The van der Waals surface area contributed by atoms with Crippen LogP contribution in [0.3, 0.4) is 0 Å². The Morgan fingerprint density at radius 2 is 1.93 bits per heavy atom. The van der Waals surface area contributed by atoms with Crippen LogP contribution in [0.25, 0.3) is 0 Å². The molecule has 1 saturated carbocycles. The molecular formula is C20H23FN6OS. The SMILES string of the molecule is Fc1ccc(Cc2nnc(N3CCCN(Cc4noc(C5CC5)n4)CC3)s2)cc1. The Hall–Kier alpha value is -2.39. The van der Waals surface area contributed by atoms with Crippen molar-refractivity contribution in [1.29, 1.82) is 0 Å². The van der Waals surface area contributed by atoms with Gasteiger partial charge in [0.1, 0.15) is 10.8 Å². The van der Waals surface area contributed by atoms with E-state index >= 15 is 0 Å². The maximum atomic E-state index is 13.1. The van der Waals surface area contributed by atoms with E-state index in [1.165, 1.54) is 25.0 Å². The van der Waals surface area contributed by atoms with Crippen molar-refractivity contribution >= 4 is 16.5 Å². The minimum Gasteiger partial charge on any atom is -0.345 e. The lowest BCUT2D eigenvalue weighted by Gasteiger charge is -2.19. The van der Waals surface area contributed by atoms with E-state index in [-0.39, 0.29) is 5.82 Å². The van der Waals surface area contributed by atoms with Gasteiger partial charge in [-0.1, -0.05) is 28.6 Å². The smallest absolute Gasteiger partial charge is 0.229 e. The van der Waals surface area contributed by atoms with Crippen LogP contribution in [0.4, 0.5) is 9.52 Å². The molecule has 0 radical (unpaired) electrons. The maximum Gasteiger partial charge on any atom is 0.229 e. The molecule has 1 aliphatic carbocycles. The highest BCUT2D eigenvalue weighted by atomic mass is 32.1. The molecule has 2 aromatic heterocycles. The molecule has 0 unspecified atom stereocenters. The van der Waals surface area contributed by atoms with Crippen molar-refractivity contribution in [2.45, 2.75) is 38.1 Å². The molecule has 0 bridgehead atoms. The van der Waals surface area contributed by atoms with E-state index in [1.807, 2.05) is 0 Å². The number of hydrogen-bond donors (Lipinski definition) is 0. The Kier molecular flexibility index (Phi) is 5.24. The number of nitrogens with zero attached hydrogens (tertiary/aromatic N) is 6. The Balaban J connectivity index is 1.17. The molecule has 29 heavy (non-hydrogen) atoms. The summed E-state index contributed by atoms with van der Waals surface area (Å²) >= 11 is 1.62. The average molecular weight is 415 g/mol. The first kappa shape index (κ1) is 18.6. The molecule has 1 aromatic carbocycles. The summed E-state index contributed by atoms with van der Waals surface area (Å²) in [6, 6.07) is 6.57. The van der Waals surface area contributed by atoms with Crippen LogP contribution < -0.4 is 4.90 Å². The lowest BCUT2D eigenvalue weighted by Crippen LogP contribution is -2.30. The van der Waals surface area contributed by atoms with Crippen molar-refractivity contribution in [3.05, 3.63) is 52.4 Å². The minimum atomic E-state index is -0.217. The number of hydrogen-bond acceptors (Lipinski definition) is 8. The van der Waals surface area contributed by atoms with E-state index in [9.17, 15) is 4.39 Å². The third-order valence-electron chi connectivity index (χ3n) is 5.36. The summed E-state index contributed by atoms with van der Waals surface area (Å²) in [5.74, 6) is 1.87. The lowest BCUT2D eigenvalue weighted by atomic mass is 10.2. The van der Waals surface area contributed by atoms with Crippen LogP contribution in [-0.2, 0) is 13.0 Å². The molecule has 3 aromatic rings. The second-order valence-corrected chi connectivity index (χ2v) is 8.76. The van der Waals surface area contributed by atoms with Crippen LogP contribution in [0, 0.1) is 5.82 Å². The second-order valence-electron chi connectivity index (χ2n) is 7.72. The summed E-state index contributed by atoms with van der Waals surface area (Å²) in [6.45, 7) is 4.53. The van der Waals surface area contributed by atoms with Crippen molar-refractivity contribution in [2.24, 2.45) is 0 Å². The lowest BCUT2D eigenvalue weighted by molar-refractivity contribution is 0.271. The predicted octanol–water partition coefficient (Wildman–Crippen LogP) is 3.24. The van der Waals surface area contributed by atoms with Gasteiger partial charge in [-0.15, -0.1) is 10.2 Å². The van der Waals surface area contributed by atoms with Crippen LogP contribution in [-0.4, -0.2) is 51.4 Å². The van der Waals surface area contributed by atoms with E-state index in [1.54, 1.807) is 23.5 Å². The molecule has 9 heteroatoms. The normalized spacial score (nSPS) is 18.2. The summed E-state index contributed by atoms with van der Waals surface area (Å²) in [6.07, 6.45) is 4.08. The zero-order valence-electron chi connectivity index (χ0n) is 16.1.